The van der Waals surface area contributed by atoms with Crippen molar-refractivity contribution in [3.8, 4) is 11.5 Å². The van der Waals surface area contributed by atoms with E-state index in [0.717, 1.165) is 35.5 Å². The molecule has 4 N–H and O–H groups in total. The molecule has 2 aromatic carbocycles. The van der Waals surface area contributed by atoms with Crippen LogP contribution in [0.4, 0.5) is 0 Å². The van der Waals surface area contributed by atoms with Crippen LogP contribution in [0.15, 0.2) is 42.5 Å². The summed E-state index contributed by atoms with van der Waals surface area (Å²) < 4.78 is 10.8. The Bertz CT molecular complexity index is 970. The van der Waals surface area contributed by atoms with E-state index in [0.29, 0.717) is 5.75 Å². The van der Waals surface area contributed by atoms with Crippen molar-refractivity contribution in [2.75, 3.05) is 20.3 Å². The summed E-state index contributed by atoms with van der Waals surface area (Å²) in [5.74, 6) is 1.00. The first-order chi connectivity index (χ1) is 12.7. The van der Waals surface area contributed by atoms with Crippen molar-refractivity contribution in [1.29, 1.82) is 0 Å². The van der Waals surface area contributed by atoms with Crippen LogP contribution in [0.5, 0.6) is 11.5 Å². The van der Waals surface area contributed by atoms with Gasteiger partial charge in [-0.3, -0.25) is 4.79 Å². The fraction of sp³-hybridized carbons (Fsp3) is 0.250. The SMILES string of the molecule is COc1ccc2[nH]c3c(c2c1)CCNC3c1cccc(OCC(N)=O)c1.Cl. The molecule has 0 saturated carbocycles. The van der Waals surface area contributed by atoms with Crippen molar-refractivity contribution in [2.24, 2.45) is 5.73 Å². The third-order valence-corrected chi connectivity index (χ3v) is 4.73. The van der Waals surface area contributed by atoms with Gasteiger partial charge in [0.1, 0.15) is 11.5 Å². The fourth-order valence-electron chi connectivity index (χ4n) is 3.56. The van der Waals surface area contributed by atoms with E-state index in [9.17, 15) is 4.79 Å². The van der Waals surface area contributed by atoms with Crippen LogP contribution in [0.3, 0.4) is 0 Å². The highest BCUT2D eigenvalue weighted by Gasteiger charge is 2.25. The first-order valence-electron chi connectivity index (χ1n) is 8.58. The van der Waals surface area contributed by atoms with Crippen LogP contribution in [0, 0.1) is 0 Å². The summed E-state index contributed by atoms with van der Waals surface area (Å²) in [6.07, 6.45) is 0.955. The topological polar surface area (TPSA) is 89.4 Å². The van der Waals surface area contributed by atoms with E-state index in [-0.39, 0.29) is 25.1 Å². The lowest BCUT2D eigenvalue weighted by Gasteiger charge is -2.25. The Morgan fingerprint density at radius 3 is 2.85 bits per heavy atom. The number of benzene rings is 2. The van der Waals surface area contributed by atoms with Gasteiger partial charge < -0.3 is 25.5 Å². The summed E-state index contributed by atoms with van der Waals surface area (Å²) in [5.41, 5.74) is 9.81. The highest BCUT2D eigenvalue weighted by atomic mass is 35.5. The van der Waals surface area contributed by atoms with E-state index in [1.165, 1.54) is 10.9 Å². The number of H-pyrrole nitrogens is 1. The Kier molecular flexibility index (Phi) is 5.58. The second-order valence-corrected chi connectivity index (χ2v) is 6.39. The maximum absolute atomic E-state index is 10.9. The highest BCUT2D eigenvalue weighted by Crippen LogP contribution is 2.35. The predicted molar refractivity (Wildman–Crippen MR) is 107 cm³/mol. The Hall–Kier alpha value is -2.70. The summed E-state index contributed by atoms with van der Waals surface area (Å²) in [4.78, 5) is 14.5. The van der Waals surface area contributed by atoms with Gasteiger partial charge in [-0.1, -0.05) is 12.1 Å². The van der Waals surface area contributed by atoms with Gasteiger partial charge in [0.05, 0.1) is 13.2 Å². The van der Waals surface area contributed by atoms with Gasteiger partial charge in [0.25, 0.3) is 5.91 Å². The third-order valence-electron chi connectivity index (χ3n) is 4.73. The first kappa shape index (κ1) is 19.1. The van der Waals surface area contributed by atoms with E-state index < -0.39 is 5.91 Å². The minimum absolute atomic E-state index is 0. The number of ether oxygens (including phenoxy) is 2. The van der Waals surface area contributed by atoms with Gasteiger partial charge >= 0.3 is 0 Å². The van der Waals surface area contributed by atoms with Crippen LogP contribution in [0.1, 0.15) is 22.9 Å². The molecule has 1 aromatic heterocycles. The van der Waals surface area contributed by atoms with E-state index >= 15 is 0 Å². The van der Waals surface area contributed by atoms with E-state index in [4.69, 9.17) is 15.2 Å². The summed E-state index contributed by atoms with van der Waals surface area (Å²) in [6, 6.07) is 13.9. The summed E-state index contributed by atoms with van der Waals surface area (Å²) in [6.45, 7) is 0.757. The zero-order chi connectivity index (χ0) is 18.1. The van der Waals surface area contributed by atoms with Crippen molar-refractivity contribution < 1.29 is 14.3 Å². The molecule has 0 saturated heterocycles. The first-order valence-corrected chi connectivity index (χ1v) is 8.58. The molecule has 1 amide bonds. The molecule has 2 heterocycles. The van der Waals surface area contributed by atoms with Crippen LogP contribution >= 0.6 is 12.4 Å². The van der Waals surface area contributed by atoms with Crippen molar-refractivity contribution >= 4 is 29.2 Å². The molecule has 1 atom stereocenters. The molecule has 0 fully saturated rings. The quantitative estimate of drug-likeness (QED) is 0.628. The van der Waals surface area contributed by atoms with Crippen molar-refractivity contribution in [1.82, 2.24) is 10.3 Å². The molecule has 1 aliphatic heterocycles. The largest absolute Gasteiger partial charge is 0.497 e. The van der Waals surface area contributed by atoms with Crippen molar-refractivity contribution in [2.45, 2.75) is 12.5 Å². The normalized spacial score (nSPS) is 15.7. The number of amides is 1. The lowest BCUT2D eigenvalue weighted by atomic mass is 9.94. The zero-order valence-corrected chi connectivity index (χ0v) is 15.8. The van der Waals surface area contributed by atoms with Crippen molar-refractivity contribution in [3.63, 3.8) is 0 Å². The molecule has 0 radical (unpaired) electrons. The number of nitrogens with one attached hydrogen (secondary N) is 2. The number of aromatic amines is 1. The number of aromatic nitrogens is 1. The minimum atomic E-state index is -0.488. The predicted octanol–water partition coefficient (Wildman–Crippen LogP) is 2.70. The van der Waals surface area contributed by atoms with Gasteiger partial charge in [-0.05, 0) is 47.9 Å². The average Bonchev–Trinajstić information content (AvgIpc) is 3.04. The molecule has 4 rings (SSSR count). The number of hydrogen-bond donors (Lipinski definition) is 3. The van der Waals surface area contributed by atoms with Crippen LogP contribution in [0.2, 0.25) is 0 Å². The number of methoxy groups -OCH3 is 1. The fourth-order valence-corrected chi connectivity index (χ4v) is 3.56. The average molecular weight is 388 g/mol. The number of nitrogens with two attached hydrogens (primary N) is 1. The van der Waals surface area contributed by atoms with Crippen LogP contribution in [0.25, 0.3) is 10.9 Å². The molecule has 1 aliphatic rings. The molecule has 0 aliphatic carbocycles. The number of hydrogen-bond acceptors (Lipinski definition) is 4. The van der Waals surface area contributed by atoms with E-state index in [2.05, 4.69) is 28.5 Å². The standard InChI is InChI=1S/C20H21N3O3.ClH/c1-25-13-5-6-17-16(10-13)15-7-8-22-19(20(15)23-17)12-3-2-4-14(9-12)26-11-18(21)24;/h2-6,9-10,19,22-23H,7-8,11H2,1H3,(H2,21,24);1H. The number of carbonyl (C=O) groups excluding carboxylic acids is 1. The number of fused-ring (bicyclic) bond motifs is 3. The molecular formula is C20H22ClN3O3. The smallest absolute Gasteiger partial charge is 0.255 e. The monoisotopic (exact) mass is 387 g/mol. The summed E-state index contributed by atoms with van der Waals surface area (Å²) in [7, 11) is 1.68. The molecule has 1 unspecified atom stereocenters. The van der Waals surface area contributed by atoms with Gasteiger partial charge in [0, 0.05) is 23.1 Å². The molecule has 0 bridgehead atoms. The summed E-state index contributed by atoms with van der Waals surface area (Å²) >= 11 is 0. The highest BCUT2D eigenvalue weighted by molar-refractivity contribution is 5.87. The molecule has 27 heavy (non-hydrogen) atoms. The van der Waals surface area contributed by atoms with Crippen LogP contribution in [-0.4, -0.2) is 31.2 Å². The molecule has 0 spiro atoms. The lowest BCUT2D eigenvalue weighted by molar-refractivity contribution is -0.119. The molecule has 142 valence electrons. The summed E-state index contributed by atoms with van der Waals surface area (Å²) in [5, 5.41) is 4.76. The lowest BCUT2D eigenvalue weighted by Crippen LogP contribution is -2.30. The van der Waals surface area contributed by atoms with E-state index in [1.807, 2.05) is 24.3 Å². The molecule has 3 aromatic rings. The van der Waals surface area contributed by atoms with Gasteiger partial charge in [-0.2, -0.15) is 0 Å². The maximum atomic E-state index is 10.9. The maximum Gasteiger partial charge on any atom is 0.255 e. The van der Waals surface area contributed by atoms with Crippen molar-refractivity contribution in [3.05, 3.63) is 59.3 Å². The number of carbonyl (C=O) groups is 1. The third kappa shape index (κ3) is 3.72. The van der Waals surface area contributed by atoms with Gasteiger partial charge in [-0.15, -0.1) is 12.4 Å². The molecule has 6 nitrogen and oxygen atoms in total. The number of rotatable bonds is 5. The van der Waals surface area contributed by atoms with Gasteiger partial charge in [-0.25, -0.2) is 0 Å². The van der Waals surface area contributed by atoms with Gasteiger partial charge in [0.15, 0.2) is 6.61 Å². The number of primary amides is 1. The Labute approximate surface area is 163 Å². The molecular weight excluding hydrogens is 366 g/mol. The zero-order valence-electron chi connectivity index (χ0n) is 15.0. The number of halogens is 1. The Morgan fingerprint density at radius 1 is 1.22 bits per heavy atom. The Balaban J connectivity index is 0.00000210. The molecule has 7 heteroatoms. The Morgan fingerprint density at radius 2 is 2.07 bits per heavy atom. The second kappa shape index (κ2) is 7.90. The van der Waals surface area contributed by atoms with Crippen LogP contribution in [-0.2, 0) is 11.2 Å². The van der Waals surface area contributed by atoms with E-state index in [1.54, 1.807) is 7.11 Å². The second-order valence-electron chi connectivity index (χ2n) is 6.39. The van der Waals surface area contributed by atoms with Crippen LogP contribution < -0.4 is 20.5 Å². The van der Waals surface area contributed by atoms with Gasteiger partial charge in [0.2, 0.25) is 0 Å². The minimum Gasteiger partial charge on any atom is -0.497 e.